The molecule has 2 heterocycles. The van der Waals surface area contributed by atoms with Crippen LogP contribution in [-0.2, 0) is 6.54 Å². The molecule has 0 unspecified atom stereocenters. The van der Waals surface area contributed by atoms with Crippen LogP contribution in [0.1, 0.15) is 30.9 Å². The lowest BCUT2D eigenvalue weighted by Crippen LogP contribution is -2.53. The molecule has 1 fully saturated rings. The minimum atomic E-state index is 0.276. The molecule has 1 aromatic heterocycles. The number of aromatic nitrogens is 1. The largest absolute Gasteiger partial charge is 0.486 e. The molecule has 0 amide bonds. The monoisotopic (exact) mass is 360 g/mol. The Labute approximate surface area is 140 Å². The molecular weight excluding hydrogens is 340 g/mol. The van der Waals surface area contributed by atoms with Crippen molar-refractivity contribution in [2.24, 2.45) is 0 Å². The number of ether oxygens (including phenoxy) is 1. The summed E-state index contributed by atoms with van der Waals surface area (Å²) in [4.78, 5) is 6.58. The van der Waals surface area contributed by atoms with E-state index in [9.17, 15) is 0 Å². The van der Waals surface area contributed by atoms with Crippen LogP contribution in [0.3, 0.4) is 0 Å². The lowest BCUT2D eigenvalue weighted by atomic mass is 10.0. The van der Waals surface area contributed by atoms with Crippen molar-refractivity contribution < 1.29 is 4.74 Å². The van der Waals surface area contributed by atoms with Crippen LogP contribution in [0.4, 0.5) is 0 Å². The van der Waals surface area contributed by atoms with Gasteiger partial charge in [0.05, 0.1) is 6.20 Å². The zero-order chi connectivity index (χ0) is 15.5. The van der Waals surface area contributed by atoms with Gasteiger partial charge in [0.1, 0.15) is 16.5 Å². The first-order valence-corrected chi connectivity index (χ1v) is 8.49. The van der Waals surface area contributed by atoms with E-state index in [0.717, 1.165) is 30.0 Å². The van der Waals surface area contributed by atoms with E-state index in [1.54, 1.807) is 6.20 Å². The van der Waals surface area contributed by atoms with Gasteiger partial charge in [-0.1, -0.05) is 38.1 Å². The number of likely N-dealkylation sites (tertiary alicyclic amines) is 1. The number of hydrogen-bond acceptors (Lipinski definition) is 3. The van der Waals surface area contributed by atoms with Crippen LogP contribution in [0.15, 0.2) is 47.2 Å². The molecule has 0 saturated carbocycles. The average molecular weight is 361 g/mol. The van der Waals surface area contributed by atoms with E-state index in [0.29, 0.717) is 5.92 Å². The molecule has 1 aromatic carbocycles. The quantitative estimate of drug-likeness (QED) is 0.746. The fourth-order valence-electron chi connectivity index (χ4n) is 2.62. The fourth-order valence-corrected chi connectivity index (χ4v) is 2.85. The zero-order valence-electron chi connectivity index (χ0n) is 13.0. The highest BCUT2D eigenvalue weighted by Gasteiger charge is 2.28. The van der Waals surface area contributed by atoms with Crippen molar-refractivity contribution >= 4 is 15.9 Å². The highest BCUT2D eigenvalue weighted by molar-refractivity contribution is 9.10. The van der Waals surface area contributed by atoms with E-state index in [2.05, 4.69) is 63.9 Å². The molecule has 22 heavy (non-hydrogen) atoms. The van der Waals surface area contributed by atoms with Crippen LogP contribution >= 0.6 is 15.9 Å². The normalized spacial score (nSPS) is 15.8. The maximum Gasteiger partial charge on any atom is 0.138 e. The van der Waals surface area contributed by atoms with Crippen LogP contribution in [0, 0.1) is 0 Å². The summed E-state index contributed by atoms with van der Waals surface area (Å²) in [5.41, 5.74) is 2.77. The van der Waals surface area contributed by atoms with Gasteiger partial charge in [-0.2, -0.15) is 0 Å². The molecule has 0 bridgehead atoms. The third-order valence-electron chi connectivity index (χ3n) is 3.98. The van der Waals surface area contributed by atoms with E-state index in [1.165, 1.54) is 11.1 Å². The van der Waals surface area contributed by atoms with Gasteiger partial charge < -0.3 is 4.74 Å². The molecule has 116 valence electrons. The lowest BCUT2D eigenvalue weighted by Gasteiger charge is -2.39. The van der Waals surface area contributed by atoms with Crippen LogP contribution < -0.4 is 4.74 Å². The van der Waals surface area contributed by atoms with Gasteiger partial charge in [-0.25, -0.2) is 4.98 Å². The lowest BCUT2D eigenvalue weighted by molar-refractivity contribution is 0.0143. The summed E-state index contributed by atoms with van der Waals surface area (Å²) in [6.45, 7) is 7.40. The van der Waals surface area contributed by atoms with Gasteiger partial charge in [0, 0.05) is 19.6 Å². The summed E-state index contributed by atoms with van der Waals surface area (Å²) >= 11 is 3.33. The molecule has 0 atom stereocenters. The van der Waals surface area contributed by atoms with Crippen molar-refractivity contribution in [3.63, 3.8) is 0 Å². The Kier molecular flexibility index (Phi) is 4.79. The third-order valence-corrected chi connectivity index (χ3v) is 4.45. The first-order valence-electron chi connectivity index (χ1n) is 7.69. The third kappa shape index (κ3) is 3.87. The van der Waals surface area contributed by atoms with Gasteiger partial charge in [-0.05, 0) is 45.1 Å². The van der Waals surface area contributed by atoms with Crippen molar-refractivity contribution in [1.29, 1.82) is 0 Å². The number of rotatable bonds is 5. The molecule has 4 heteroatoms. The molecule has 3 rings (SSSR count). The Morgan fingerprint density at radius 2 is 1.91 bits per heavy atom. The number of nitrogens with zero attached hydrogens (tertiary/aromatic N) is 2. The van der Waals surface area contributed by atoms with E-state index in [4.69, 9.17) is 4.74 Å². The van der Waals surface area contributed by atoms with Crippen molar-refractivity contribution in [1.82, 2.24) is 9.88 Å². The van der Waals surface area contributed by atoms with Gasteiger partial charge in [0.2, 0.25) is 0 Å². The van der Waals surface area contributed by atoms with Crippen LogP contribution in [0.5, 0.6) is 5.75 Å². The Balaban J connectivity index is 1.46. The summed E-state index contributed by atoms with van der Waals surface area (Å²) in [6, 6.07) is 12.8. The topological polar surface area (TPSA) is 25.4 Å². The molecule has 0 N–H and O–H groups in total. The summed E-state index contributed by atoms with van der Waals surface area (Å²) in [7, 11) is 0. The van der Waals surface area contributed by atoms with Gasteiger partial charge >= 0.3 is 0 Å². The smallest absolute Gasteiger partial charge is 0.138 e. The SMILES string of the molecule is CC(C)c1ccc(CN2CC(Oc3ccc(Br)nc3)C2)cc1. The van der Waals surface area contributed by atoms with Gasteiger partial charge in [-0.3, -0.25) is 4.90 Å². The van der Waals surface area contributed by atoms with Crippen molar-refractivity contribution in [3.05, 3.63) is 58.3 Å². The highest BCUT2D eigenvalue weighted by Crippen LogP contribution is 2.21. The van der Waals surface area contributed by atoms with E-state index in [1.807, 2.05) is 12.1 Å². The summed E-state index contributed by atoms with van der Waals surface area (Å²) in [6.07, 6.45) is 2.04. The van der Waals surface area contributed by atoms with Crippen LogP contribution in [0.2, 0.25) is 0 Å². The predicted octanol–water partition coefficient (Wildman–Crippen LogP) is 4.23. The number of benzene rings is 1. The van der Waals surface area contributed by atoms with Gasteiger partial charge in [0.25, 0.3) is 0 Å². The molecule has 1 saturated heterocycles. The Bertz CT molecular complexity index is 604. The fraction of sp³-hybridized carbons (Fsp3) is 0.389. The van der Waals surface area contributed by atoms with Crippen LogP contribution in [0.25, 0.3) is 0 Å². The Morgan fingerprint density at radius 3 is 2.50 bits per heavy atom. The second-order valence-corrected chi connectivity index (χ2v) is 6.96. The second-order valence-electron chi connectivity index (χ2n) is 6.15. The summed E-state index contributed by atoms with van der Waals surface area (Å²) in [5, 5.41) is 0. The Morgan fingerprint density at radius 1 is 1.18 bits per heavy atom. The van der Waals surface area contributed by atoms with Crippen molar-refractivity contribution in [3.8, 4) is 5.75 Å². The number of halogens is 1. The van der Waals surface area contributed by atoms with Crippen molar-refractivity contribution in [2.75, 3.05) is 13.1 Å². The van der Waals surface area contributed by atoms with Crippen LogP contribution in [-0.4, -0.2) is 29.1 Å². The molecule has 0 aliphatic carbocycles. The number of hydrogen-bond donors (Lipinski definition) is 0. The molecule has 0 spiro atoms. The molecule has 1 aliphatic heterocycles. The van der Waals surface area contributed by atoms with Gasteiger partial charge in [0.15, 0.2) is 0 Å². The minimum Gasteiger partial charge on any atom is -0.486 e. The van der Waals surface area contributed by atoms with Crippen molar-refractivity contribution in [2.45, 2.75) is 32.4 Å². The highest BCUT2D eigenvalue weighted by atomic mass is 79.9. The first-order chi connectivity index (χ1) is 10.6. The average Bonchev–Trinajstić information content (AvgIpc) is 2.47. The molecule has 0 radical (unpaired) electrons. The zero-order valence-corrected chi connectivity index (χ0v) is 14.6. The number of pyridine rings is 1. The first kappa shape index (κ1) is 15.5. The second kappa shape index (κ2) is 6.80. The maximum absolute atomic E-state index is 5.90. The Hall–Kier alpha value is -1.39. The van der Waals surface area contributed by atoms with E-state index < -0.39 is 0 Å². The summed E-state index contributed by atoms with van der Waals surface area (Å²) in [5.74, 6) is 1.43. The molecule has 1 aliphatic rings. The van der Waals surface area contributed by atoms with Gasteiger partial charge in [-0.15, -0.1) is 0 Å². The molecule has 3 nitrogen and oxygen atoms in total. The molecular formula is C18H21BrN2O. The van der Waals surface area contributed by atoms with E-state index in [-0.39, 0.29) is 6.10 Å². The standard InChI is InChI=1S/C18H21BrN2O/c1-13(2)15-5-3-14(4-6-15)10-21-11-17(12-21)22-16-7-8-18(19)20-9-16/h3-9,13,17H,10-12H2,1-2H3. The molecule has 2 aromatic rings. The van der Waals surface area contributed by atoms with E-state index >= 15 is 0 Å². The maximum atomic E-state index is 5.90. The summed E-state index contributed by atoms with van der Waals surface area (Å²) < 4.78 is 6.73. The predicted molar refractivity (Wildman–Crippen MR) is 92.2 cm³/mol. The minimum absolute atomic E-state index is 0.276.